The topological polar surface area (TPSA) is 0 Å². The van der Waals surface area contributed by atoms with Crippen molar-refractivity contribution in [3.8, 4) is 0 Å². The van der Waals surface area contributed by atoms with Crippen LogP contribution in [-0.2, 0) is 0 Å². The van der Waals surface area contributed by atoms with Gasteiger partial charge in [0.2, 0.25) is 0 Å². The highest BCUT2D eigenvalue weighted by Crippen LogP contribution is 2.32. The molecule has 14 heavy (non-hydrogen) atoms. The van der Waals surface area contributed by atoms with Crippen LogP contribution in [0.25, 0.3) is 0 Å². The van der Waals surface area contributed by atoms with Crippen LogP contribution in [-0.4, -0.2) is 16.9 Å². The van der Waals surface area contributed by atoms with Crippen molar-refractivity contribution in [2.24, 2.45) is 5.92 Å². The van der Waals surface area contributed by atoms with Gasteiger partial charge in [-0.3, -0.25) is 0 Å². The zero-order valence-electron chi connectivity index (χ0n) is 8.04. The first-order chi connectivity index (χ1) is 6.23. The second-order valence-corrected chi connectivity index (χ2v) is 4.41. The SMILES string of the molecule is CC[C@H](CCl)C(C)(Cl)/C=C/C(F)(F)F. The molecule has 2 atom stereocenters. The van der Waals surface area contributed by atoms with E-state index in [4.69, 9.17) is 23.2 Å². The van der Waals surface area contributed by atoms with Crippen molar-refractivity contribution >= 4 is 23.2 Å². The molecule has 0 fully saturated rings. The molecule has 5 heteroatoms. The smallest absolute Gasteiger partial charge is 0.167 e. The van der Waals surface area contributed by atoms with Crippen LogP contribution in [0.15, 0.2) is 12.2 Å². The predicted octanol–water partition coefficient (Wildman–Crippen LogP) is 4.37. The van der Waals surface area contributed by atoms with E-state index in [0.29, 0.717) is 6.42 Å². The van der Waals surface area contributed by atoms with Crippen LogP contribution in [0.5, 0.6) is 0 Å². The summed E-state index contributed by atoms with van der Waals surface area (Å²) in [5.41, 5.74) is 0. The van der Waals surface area contributed by atoms with Gasteiger partial charge in [-0.05, 0) is 12.8 Å². The van der Waals surface area contributed by atoms with Crippen LogP contribution in [0.4, 0.5) is 13.2 Å². The van der Waals surface area contributed by atoms with Crippen LogP contribution in [0.2, 0.25) is 0 Å². The molecular formula is C9H13Cl2F3. The Kier molecular flexibility index (Phi) is 5.31. The largest absolute Gasteiger partial charge is 0.409 e. The minimum atomic E-state index is -4.32. The molecule has 0 spiro atoms. The molecule has 0 saturated carbocycles. The molecule has 0 heterocycles. The van der Waals surface area contributed by atoms with Gasteiger partial charge in [-0.15, -0.1) is 23.2 Å². The number of allylic oxidation sites excluding steroid dienone is 2. The van der Waals surface area contributed by atoms with Gasteiger partial charge in [0, 0.05) is 12.0 Å². The van der Waals surface area contributed by atoms with Gasteiger partial charge in [-0.25, -0.2) is 0 Å². The molecule has 0 N–H and O–H groups in total. The van der Waals surface area contributed by atoms with Gasteiger partial charge in [0.1, 0.15) is 0 Å². The van der Waals surface area contributed by atoms with Crippen LogP contribution in [0, 0.1) is 5.92 Å². The summed E-state index contributed by atoms with van der Waals surface area (Å²) in [6, 6.07) is 0. The van der Waals surface area contributed by atoms with Gasteiger partial charge >= 0.3 is 6.18 Å². The number of rotatable bonds is 4. The Morgan fingerprint density at radius 2 is 1.79 bits per heavy atom. The van der Waals surface area contributed by atoms with E-state index in [2.05, 4.69) is 0 Å². The molecule has 0 amide bonds. The lowest BCUT2D eigenvalue weighted by Gasteiger charge is -2.26. The number of hydrogen-bond donors (Lipinski definition) is 0. The molecule has 0 aliphatic heterocycles. The fourth-order valence-corrected chi connectivity index (χ4v) is 1.96. The molecular weight excluding hydrogens is 236 g/mol. The maximum Gasteiger partial charge on any atom is 0.409 e. The third kappa shape index (κ3) is 5.11. The fraction of sp³-hybridized carbons (Fsp3) is 0.778. The molecule has 0 aliphatic carbocycles. The Labute approximate surface area is 92.1 Å². The summed E-state index contributed by atoms with van der Waals surface area (Å²) in [4.78, 5) is -1.04. The molecule has 0 aromatic rings. The molecule has 1 unspecified atom stereocenters. The number of hydrogen-bond acceptors (Lipinski definition) is 0. The van der Waals surface area contributed by atoms with Crippen molar-refractivity contribution in [3.63, 3.8) is 0 Å². The van der Waals surface area contributed by atoms with Gasteiger partial charge < -0.3 is 0 Å². The lowest BCUT2D eigenvalue weighted by atomic mass is 9.92. The first-order valence-electron chi connectivity index (χ1n) is 4.25. The van der Waals surface area contributed by atoms with Crippen molar-refractivity contribution in [3.05, 3.63) is 12.2 Å². The summed E-state index contributed by atoms with van der Waals surface area (Å²) in [5.74, 6) is 0.0861. The van der Waals surface area contributed by atoms with Crippen LogP contribution >= 0.6 is 23.2 Å². The van der Waals surface area contributed by atoms with E-state index in [1.54, 1.807) is 0 Å². The molecule has 0 nitrogen and oxygen atoms in total. The van der Waals surface area contributed by atoms with Crippen LogP contribution in [0.3, 0.4) is 0 Å². The van der Waals surface area contributed by atoms with Crippen molar-refractivity contribution in [1.82, 2.24) is 0 Å². The van der Waals surface area contributed by atoms with E-state index >= 15 is 0 Å². The average Bonchev–Trinajstić information content (AvgIpc) is 2.02. The Hall–Kier alpha value is 0.110. The van der Waals surface area contributed by atoms with Gasteiger partial charge in [0.15, 0.2) is 0 Å². The molecule has 0 bridgehead atoms. The lowest BCUT2D eigenvalue weighted by molar-refractivity contribution is -0.0802. The highest BCUT2D eigenvalue weighted by Gasteiger charge is 2.30. The van der Waals surface area contributed by atoms with E-state index in [0.717, 1.165) is 6.08 Å². The average molecular weight is 249 g/mol. The summed E-state index contributed by atoms with van der Waals surface area (Å²) in [6.07, 6.45) is -2.55. The molecule has 0 aliphatic rings. The monoisotopic (exact) mass is 248 g/mol. The number of halogens is 5. The highest BCUT2D eigenvalue weighted by atomic mass is 35.5. The van der Waals surface area contributed by atoms with Crippen LogP contribution < -0.4 is 0 Å². The minimum Gasteiger partial charge on any atom is -0.167 e. The van der Waals surface area contributed by atoms with Gasteiger partial charge in [0.05, 0.1) is 4.87 Å². The maximum atomic E-state index is 11.9. The summed E-state index contributed by atoms with van der Waals surface area (Å²) in [7, 11) is 0. The molecule has 0 aromatic heterocycles. The zero-order valence-corrected chi connectivity index (χ0v) is 9.55. The molecule has 0 saturated heterocycles. The quantitative estimate of drug-likeness (QED) is 0.512. The summed E-state index contributed by atoms with van der Waals surface area (Å²) >= 11 is 11.5. The highest BCUT2D eigenvalue weighted by molar-refractivity contribution is 6.26. The standard InChI is InChI=1S/C9H13Cl2F3/c1-3-7(6-10)8(2,11)4-5-9(12,13)14/h4-5,7H,3,6H2,1-2H3/b5-4+/t7-,8?/m1/s1. The van der Waals surface area contributed by atoms with E-state index in [1.807, 2.05) is 6.92 Å². The first kappa shape index (κ1) is 14.1. The predicted molar refractivity (Wildman–Crippen MR) is 54.0 cm³/mol. The van der Waals surface area contributed by atoms with E-state index < -0.39 is 11.1 Å². The maximum absolute atomic E-state index is 11.9. The second-order valence-electron chi connectivity index (χ2n) is 3.29. The number of alkyl halides is 5. The Bertz CT molecular complexity index is 193. The Morgan fingerprint density at radius 1 is 1.29 bits per heavy atom. The van der Waals surface area contributed by atoms with Crippen molar-refractivity contribution in [2.75, 3.05) is 5.88 Å². The molecule has 0 rings (SSSR count). The van der Waals surface area contributed by atoms with Crippen molar-refractivity contribution in [1.29, 1.82) is 0 Å². The molecule has 84 valence electrons. The molecule has 0 aromatic carbocycles. The van der Waals surface area contributed by atoms with Crippen LogP contribution in [0.1, 0.15) is 20.3 Å². The molecule has 0 radical (unpaired) electrons. The third-order valence-corrected chi connectivity index (χ3v) is 2.88. The Balaban J connectivity index is 4.54. The minimum absolute atomic E-state index is 0.162. The van der Waals surface area contributed by atoms with Gasteiger partial charge in [-0.2, -0.15) is 13.2 Å². The summed E-state index contributed by atoms with van der Waals surface area (Å²) in [6.45, 7) is 3.38. The summed E-state index contributed by atoms with van der Waals surface area (Å²) < 4.78 is 35.6. The third-order valence-electron chi connectivity index (χ3n) is 2.08. The lowest BCUT2D eigenvalue weighted by Crippen LogP contribution is -2.27. The fourth-order valence-electron chi connectivity index (χ4n) is 1.05. The van der Waals surface area contributed by atoms with Crippen molar-refractivity contribution < 1.29 is 13.2 Å². The normalized spacial score (nSPS) is 19.6. The van der Waals surface area contributed by atoms with E-state index in [9.17, 15) is 13.2 Å². The van der Waals surface area contributed by atoms with E-state index in [-0.39, 0.29) is 17.9 Å². The summed E-state index contributed by atoms with van der Waals surface area (Å²) in [5, 5.41) is 0. The van der Waals surface area contributed by atoms with Crippen molar-refractivity contribution in [2.45, 2.75) is 31.3 Å². The van der Waals surface area contributed by atoms with Gasteiger partial charge in [0.25, 0.3) is 0 Å². The van der Waals surface area contributed by atoms with E-state index in [1.165, 1.54) is 6.92 Å². The zero-order chi connectivity index (χ0) is 11.4. The Morgan fingerprint density at radius 3 is 2.07 bits per heavy atom. The first-order valence-corrected chi connectivity index (χ1v) is 5.16. The second kappa shape index (κ2) is 5.26. The van der Waals surface area contributed by atoms with Gasteiger partial charge in [-0.1, -0.05) is 19.4 Å².